The van der Waals surface area contributed by atoms with Gasteiger partial charge < -0.3 is 5.32 Å². The Bertz CT molecular complexity index is 516. The topological polar surface area (TPSA) is 24.9 Å². The first-order valence-corrected chi connectivity index (χ1v) is 7.94. The van der Waals surface area contributed by atoms with Crippen LogP contribution < -0.4 is 5.32 Å². The first-order chi connectivity index (χ1) is 9.20. The third kappa shape index (κ3) is 4.09. The average Bonchev–Trinajstić information content (AvgIpc) is 2.90. The van der Waals surface area contributed by atoms with E-state index >= 15 is 0 Å². The first kappa shape index (κ1) is 14.6. The van der Waals surface area contributed by atoms with Gasteiger partial charge in [-0.3, -0.25) is 0 Å². The molecule has 19 heavy (non-hydrogen) atoms. The molecule has 0 aliphatic heterocycles. The zero-order chi connectivity index (χ0) is 13.7. The molecule has 0 aliphatic carbocycles. The van der Waals surface area contributed by atoms with Gasteiger partial charge in [0, 0.05) is 28.5 Å². The second kappa shape index (κ2) is 7.12. The quantitative estimate of drug-likeness (QED) is 0.845. The average molecular weight is 343 g/mol. The number of nitrogens with zero attached hydrogens (tertiary/aromatic N) is 1. The third-order valence-electron chi connectivity index (χ3n) is 2.84. The maximum atomic E-state index is 13.4. The Hall–Kier alpha value is -0.780. The molecule has 0 bridgehead atoms. The number of thiazole rings is 1. The summed E-state index contributed by atoms with van der Waals surface area (Å²) in [6, 6.07) is 4.89. The number of hydrogen-bond donors (Lipinski definition) is 1. The molecule has 2 nitrogen and oxygen atoms in total. The summed E-state index contributed by atoms with van der Waals surface area (Å²) in [6.07, 6.45) is 3.62. The standard InChI is InChI=1S/C14H16BrFN2S/c1-2-5-17-13(9-14-18-6-7-19-14)11-8-10(16)3-4-12(11)15/h3-4,6-8,13,17H,2,5,9H2,1H3. The van der Waals surface area contributed by atoms with Crippen LogP contribution in [0.5, 0.6) is 0 Å². The molecule has 1 N–H and O–H groups in total. The van der Waals surface area contributed by atoms with E-state index in [0.29, 0.717) is 0 Å². The zero-order valence-electron chi connectivity index (χ0n) is 10.7. The molecule has 0 amide bonds. The second-order valence-electron chi connectivity index (χ2n) is 4.30. The van der Waals surface area contributed by atoms with Crippen LogP contribution in [0, 0.1) is 5.82 Å². The molecule has 1 aromatic carbocycles. The zero-order valence-corrected chi connectivity index (χ0v) is 13.1. The molecule has 0 spiro atoms. The molecule has 102 valence electrons. The highest BCUT2D eigenvalue weighted by atomic mass is 79.9. The monoisotopic (exact) mass is 342 g/mol. The summed E-state index contributed by atoms with van der Waals surface area (Å²) in [4.78, 5) is 4.31. The minimum Gasteiger partial charge on any atom is -0.310 e. The van der Waals surface area contributed by atoms with Crippen LogP contribution in [0.25, 0.3) is 0 Å². The van der Waals surface area contributed by atoms with Crippen LogP contribution in [-0.4, -0.2) is 11.5 Å². The lowest BCUT2D eigenvalue weighted by Gasteiger charge is -2.19. The number of hydrogen-bond acceptors (Lipinski definition) is 3. The maximum Gasteiger partial charge on any atom is 0.123 e. The molecular weight excluding hydrogens is 327 g/mol. The summed E-state index contributed by atoms with van der Waals surface area (Å²) in [6.45, 7) is 3.02. The van der Waals surface area contributed by atoms with Crippen molar-refractivity contribution >= 4 is 27.3 Å². The Labute approximate surface area is 125 Å². The molecule has 0 fully saturated rings. The smallest absolute Gasteiger partial charge is 0.123 e. The van der Waals surface area contributed by atoms with Gasteiger partial charge in [-0.1, -0.05) is 22.9 Å². The summed E-state index contributed by atoms with van der Waals surface area (Å²) >= 11 is 5.13. The van der Waals surface area contributed by atoms with E-state index in [2.05, 4.69) is 33.2 Å². The summed E-state index contributed by atoms with van der Waals surface area (Å²) < 4.78 is 14.4. The minimum atomic E-state index is -0.208. The lowest BCUT2D eigenvalue weighted by molar-refractivity contribution is 0.521. The predicted octanol–water partition coefficient (Wildman–Crippen LogP) is 4.33. The lowest BCUT2D eigenvalue weighted by Crippen LogP contribution is -2.24. The number of halogens is 2. The van der Waals surface area contributed by atoms with E-state index in [0.717, 1.165) is 34.4 Å². The summed E-state index contributed by atoms with van der Waals surface area (Å²) in [5.74, 6) is -0.208. The number of aromatic nitrogens is 1. The van der Waals surface area contributed by atoms with Gasteiger partial charge in [0.05, 0.1) is 5.01 Å². The van der Waals surface area contributed by atoms with Gasteiger partial charge in [-0.25, -0.2) is 9.37 Å². The highest BCUT2D eigenvalue weighted by Gasteiger charge is 2.16. The van der Waals surface area contributed by atoms with Gasteiger partial charge in [0.1, 0.15) is 5.82 Å². The van der Waals surface area contributed by atoms with Gasteiger partial charge in [-0.2, -0.15) is 0 Å². The molecule has 0 saturated heterocycles. The van der Waals surface area contributed by atoms with Gasteiger partial charge in [-0.05, 0) is 36.7 Å². The van der Waals surface area contributed by atoms with Crippen molar-refractivity contribution in [3.63, 3.8) is 0 Å². The second-order valence-corrected chi connectivity index (χ2v) is 6.14. The van der Waals surface area contributed by atoms with Crippen molar-refractivity contribution in [1.82, 2.24) is 10.3 Å². The largest absolute Gasteiger partial charge is 0.310 e. The number of rotatable bonds is 6. The summed E-state index contributed by atoms with van der Waals surface area (Å²) in [5, 5.41) is 6.49. The van der Waals surface area contributed by atoms with Gasteiger partial charge in [0.2, 0.25) is 0 Å². The Morgan fingerprint density at radius 2 is 2.32 bits per heavy atom. The molecule has 5 heteroatoms. The van der Waals surface area contributed by atoms with Gasteiger partial charge >= 0.3 is 0 Å². The Morgan fingerprint density at radius 1 is 1.47 bits per heavy atom. The SMILES string of the molecule is CCCNC(Cc1nccs1)c1cc(F)ccc1Br. The van der Waals surface area contributed by atoms with E-state index in [1.54, 1.807) is 29.7 Å². The van der Waals surface area contributed by atoms with Crippen LogP contribution in [0.4, 0.5) is 4.39 Å². The van der Waals surface area contributed by atoms with Crippen molar-refractivity contribution in [2.75, 3.05) is 6.54 Å². The van der Waals surface area contributed by atoms with Crippen molar-refractivity contribution < 1.29 is 4.39 Å². The Morgan fingerprint density at radius 3 is 3.00 bits per heavy atom. The molecule has 0 saturated carbocycles. The fraction of sp³-hybridized carbons (Fsp3) is 0.357. The van der Waals surface area contributed by atoms with E-state index < -0.39 is 0 Å². The van der Waals surface area contributed by atoms with E-state index in [1.165, 1.54) is 6.07 Å². The molecule has 0 radical (unpaired) electrons. The predicted molar refractivity (Wildman–Crippen MR) is 81.0 cm³/mol. The number of nitrogens with one attached hydrogen (secondary N) is 1. The summed E-state index contributed by atoms with van der Waals surface area (Å²) in [5.41, 5.74) is 0.948. The van der Waals surface area contributed by atoms with Gasteiger partial charge in [0.15, 0.2) is 0 Å². The van der Waals surface area contributed by atoms with Crippen LogP contribution in [0.3, 0.4) is 0 Å². The highest BCUT2D eigenvalue weighted by Crippen LogP contribution is 2.27. The van der Waals surface area contributed by atoms with E-state index in [9.17, 15) is 4.39 Å². The Balaban J connectivity index is 2.23. The lowest BCUT2D eigenvalue weighted by atomic mass is 10.0. The van der Waals surface area contributed by atoms with E-state index in [4.69, 9.17) is 0 Å². The van der Waals surface area contributed by atoms with Gasteiger partial charge in [-0.15, -0.1) is 11.3 Å². The van der Waals surface area contributed by atoms with Crippen LogP contribution in [0.15, 0.2) is 34.2 Å². The minimum absolute atomic E-state index is 0.0798. The molecule has 1 aromatic heterocycles. The van der Waals surface area contributed by atoms with Gasteiger partial charge in [0.25, 0.3) is 0 Å². The first-order valence-electron chi connectivity index (χ1n) is 6.27. The van der Waals surface area contributed by atoms with Crippen molar-refractivity contribution in [2.24, 2.45) is 0 Å². The van der Waals surface area contributed by atoms with Crippen molar-refractivity contribution in [1.29, 1.82) is 0 Å². The number of benzene rings is 1. The highest BCUT2D eigenvalue weighted by molar-refractivity contribution is 9.10. The third-order valence-corrected chi connectivity index (χ3v) is 4.36. The van der Waals surface area contributed by atoms with Crippen molar-refractivity contribution in [2.45, 2.75) is 25.8 Å². The van der Waals surface area contributed by atoms with Crippen molar-refractivity contribution in [3.05, 3.63) is 50.6 Å². The molecular formula is C14H16BrFN2S. The molecule has 1 unspecified atom stereocenters. The van der Waals surface area contributed by atoms with E-state index in [-0.39, 0.29) is 11.9 Å². The summed E-state index contributed by atoms with van der Waals surface area (Å²) in [7, 11) is 0. The van der Waals surface area contributed by atoms with Crippen LogP contribution in [-0.2, 0) is 6.42 Å². The molecule has 2 rings (SSSR count). The molecule has 1 heterocycles. The molecule has 0 aliphatic rings. The van der Waals surface area contributed by atoms with Crippen LogP contribution >= 0.6 is 27.3 Å². The normalized spacial score (nSPS) is 12.6. The molecule has 1 atom stereocenters. The fourth-order valence-corrected chi connectivity index (χ4v) is 3.11. The van der Waals surface area contributed by atoms with E-state index in [1.807, 2.05) is 5.38 Å². The van der Waals surface area contributed by atoms with Crippen LogP contribution in [0.2, 0.25) is 0 Å². The maximum absolute atomic E-state index is 13.4. The molecule has 2 aromatic rings. The Kier molecular flexibility index (Phi) is 5.48. The van der Waals surface area contributed by atoms with Crippen molar-refractivity contribution in [3.8, 4) is 0 Å². The van der Waals surface area contributed by atoms with Crippen LogP contribution in [0.1, 0.15) is 30.0 Å². The fourth-order valence-electron chi connectivity index (χ4n) is 1.92.